The van der Waals surface area contributed by atoms with E-state index >= 15 is 0 Å². The van der Waals surface area contributed by atoms with Gasteiger partial charge in [0.25, 0.3) is 5.91 Å². The van der Waals surface area contributed by atoms with Crippen molar-refractivity contribution >= 4 is 73.6 Å². The van der Waals surface area contributed by atoms with Crippen LogP contribution >= 0.6 is 27.7 Å². The van der Waals surface area contributed by atoms with Crippen LogP contribution in [-0.4, -0.2) is 32.6 Å². The smallest absolute Gasteiger partial charge is 0.412 e. The zero-order chi connectivity index (χ0) is 33.0. The molecule has 12 heteroatoms. The van der Waals surface area contributed by atoms with E-state index in [1.807, 2.05) is 30.3 Å². The van der Waals surface area contributed by atoms with Crippen LogP contribution in [0.1, 0.15) is 56.6 Å². The Labute approximate surface area is 278 Å². The van der Waals surface area contributed by atoms with E-state index in [4.69, 9.17) is 4.74 Å². The molecule has 0 aliphatic heterocycles. The first-order chi connectivity index (χ1) is 21.8. The summed E-state index contributed by atoms with van der Waals surface area (Å²) in [5.74, 6) is -0.128. The molecule has 9 nitrogen and oxygen atoms in total. The summed E-state index contributed by atoms with van der Waals surface area (Å²) in [7, 11) is 0. The molecular weight excluding hydrogens is 671 g/mol. The Morgan fingerprint density at radius 3 is 2.35 bits per heavy atom. The maximum absolute atomic E-state index is 14.1. The predicted molar refractivity (Wildman–Crippen MR) is 184 cm³/mol. The normalized spacial score (nSPS) is 11.4. The standard InChI is InChI=1S/C34H32BrFN6O3S/c1-19(2)27-14-12-24-30(41-27)37-18-38-31(24)42-28-16-20(32(43)39-22-9-13-25(35)26(36)17-22)6-15-29(28)46-23-10-7-21(8-11-23)40-33(44)45-34(3,4)5/h6-19H,1-5H3,(H,39,43)(H,40,44)(H,37,38,41,42). The minimum atomic E-state index is -0.609. The van der Waals surface area contributed by atoms with Crippen LogP contribution in [0, 0.1) is 5.82 Å². The lowest BCUT2D eigenvalue weighted by atomic mass is 10.1. The molecule has 2 amide bonds. The van der Waals surface area contributed by atoms with Gasteiger partial charge in [0, 0.05) is 32.4 Å². The third-order valence-corrected chi connectivity index (χ3v) is 8.24. The Kier molecular flexibility index (Phi) is 9.88. The topological polar surface area (TPSA) is 118 Å². The summed E-state index contributed by atoms with van der Waals surface area (Å²) < 4.78 is 19.7. The number of nitrogens with one attached hydrogen (secondary N) is 3. The highest BCUT2D eigenvalue weighted by molar-refractivity contribution is 9.10. The molecule has 0 fully saturated rings. The van der Waals surface area contributed by atoms with Crippen LogP contribution < -0.4 is 16.0 Å². The lowest BCUT2D eigenvalue weighted by molar-refractivity contribution is 0.0635. The Hall–Kier alpha value is -4.55. The van der Waals surface area contributed by atoms with E-state index in [1.54, 1.807) is 51.1 Å². The summed E-state index contributed by atoms with van der Waals surface area (Å²) in [5.41, 5.74) is 2.75. The molecule has 0 spiro atoms. The minimum absolute atomic E-state index is 0.235. The van der Waals surface area contributed by atoms with Crippen molar-refractivity contribution < 1.29 is 18.7 Å². The first kappa shape index (κ1) is 32.8. The number of halogens is 2. The zero-order valence-corrected chi connectivity index (χ0v) is 28.2. The molecule has 3 aromatic carbocycles. The summed E-state index contributed by atoms with van der Waals surface area (Å²) in [6, 6.07) is 20.8. The zero-order valence-electron chi connectivity index (χ0n) is 25.8. The van der Waals surface area contributed by atoms with Gasteiger partial charge in [-0.25, -0.2) is 24.1 Å². The van der Waals surface area contributed by atoms with Gasteiger partial charge in [-0.3, -0.25) is 10.1 Å². The summed E-state index contributed by atoms with van der Waals surface area (Å²) in [4.78, 5) is 40.7. The minimum Gasteiger partial charge on any atom is -0.444 e. The van der Waals surface area contributed by atoms with Crippen LogP contribution in [-0.2, 0) is 4.74 Å². The highest BCUT2D eigenvalue weighted by atomic mass is 79.9. The second-order valence-corrected chi connectivity index (χ2v) is 13.6. The van der Waals surface area contributed by atoms with Gasteiger partial charge in [0.05, 0.1) is 15.5 Å². The van der Waals surface area contributed by atoms with Gasteiger partial charge in [0.2, 0.25) is 0 Å². The van der Waals surface area contributed by atoms with Gasteiger partial charge >= 0.3 is 6.09 Å². The number of nitrogens with zero attached hydrogens (tertiary/aromatic N) is 3. The molecule has 0 aliphatic carbocycles. The second-order valence-electron chi connectivity index (χ2n) is 11.7. The number of aromatic nitrogens is 3. The molecular formula is C34H32BrFN6O3S. The van der Waals surface area contributed by atoms with Gasteiger partial charge in [-0.15, -0.1) is 0 Å². The van der Waals surface area contributed by atoms with E-state index in [-0.39, 0.29) is 5.92 Å². The van der Waals surface area contributed by atoms with Crippen LogP contribution in [0.15, 0.2) is 93.4 Å². The average molecular weight is 704 g/mol. The molecule has 0 unspecified atom stereocenters. The number of carbonyl (C=O) groups is 2. The number of pyridine rings is 1. The van der Waals surface area contributed by atoms with Crippen molar-refractivity contribution in [3.05, 3.63) is 101 Å². The summed E-state index contributed by atoms with van der Waals surface area (Å²) in [6.45, 7) is 9.54. The number of rotatable bonds is 8. The number of carbonyl (C=O) groups excluding carboxylic acids is 2. The maximum atomic E-state index is 14.1. The monoisotopic (exact) mass is 702 g/mol. The van der Waals surface area contributed by atoms with E-state index in [0.717, 1.165) is 20.9 Å². The average Bonchev–Trinajstić information content (AvgIpc) is 2.99. The number of ether oxygens (including phenoxy) is 1. The number of hydrogen-bond acceptors (Lipinski definition) is 8. The van der Waals surface area contributed by atoms with Crippen molar-refractivity contribution in [1.82, 2.24) is 15.0 Å². The van der Waals surface area contributed by atoms with Crippen LogP contribution in [0.2, 0.25) is 0 Å². The van der Waals surface area contributed by atoms with Gasteiger partial charge in [0.1, 0.15) is 23.6 Å². The number of anilines is 4. The van der Waals surface area contributed by atoms with Gasteiger partial charge in [-0.1, -0.05) is 25.6 Å². The van der Waals surface area contributed by atoms with Crippen molar-refractivity contribution in [2.75, 3.05) is 16.0 Å². The van der Waals surface area contributed by atoms with Gasteiger partial charge in [-0.05, 0) is 115 Å². The molecule has 0 bridgehead atoms. The fourth-order valence-electron chi connectivity index (χ4n) is 4.30. The lowest BCUT2D eigenvalue weighted by Gasteiger charge is -2.19. The highest BCUT2D eigenvalue weighted by Crippen LogP contribution is 2.37. The molecule has 3 N–H and O–H groups in total. The maximum Gasteiger partial charge on any atom is 0.412 e. The van der Waals surface area contributed by atoms with E-state index in [9.17, 15) is 14.0 Å². The third-order valence-electron chi connectivity index (χ3n) is 6.51. The van der Waals surface area contributed by atoms with Gasteiger partial charge in [0.15, 0.2) is 5.65 Å². The molecule has 2 heterocycles. The quantitative estimate of drug-likeness (QED) is 0.146. The first-order valence-corrected chi connectivity index (χ1v) is 16.0. The molecule has 0 atom stereocenters. The molecule has 2 aromatic heterocycles. The van der Waals surface area contributed by atoms with E-state index in [1.165, 1.54) is 30.2 Å². The van der Waals surface area contributed by atoms with Crippen molar-refractivity contribution in [3.8, 4) is 0 Å². The SMILES string of the molecule is CC(C)c1ccc2c(Nc3cc(C(=O)Nc4ccc(Br)c(F)c4)ccc3Sc3ccc(NC(=O)OC(C)(C)C)cc3)ncnc2n1. The first-order valence-electron chi connectivity index (χ1n) is 14.4. The molecule has 46 heavy (non-hydrogen) atoms. The second kappa shape index (κ2) is 13.8. The highest BCUT2D eigenvalue weighted by Gasteiger charge is 2.17. The molecule has 0 radical (unpaired) electrons. The van der Waals surface area contributed by atoms with Crippen LogP contribution in [0.5, 0.6) is 0 Å². The number of fused-ring (bicyclic) bond motifs is 1. The van der Waals surface area contributed by atoms with Crippen molar-refractivity contribution in [2.45, 2.75) is 55.9 Å². The molecule has 0 saturated heterocycles. The lowest BCUT2D eigenvalue weighted by Crippen LogP contribution is -2.27. The Bertz CT molecular complexity index is 1910. The predicted octanol–water partition coefficient (Wildman–Crippen LogP) is 9.54. The van der Waals surface area contributed by atoms with Crippen molar-refractivity contribution in [1.29, 1.82) is 0 Å². The number of benzene rings is 3. The molecule has 0 saturated carbocycles. The Morgan fingerprint density at radius 1 is 0.913 bits per heavy atom. The molecule has 236 valence electrons. The van der Waals surface area contributed by atoms with E-state index in [2.05, 4.69) is 60.7 Å². The largest absolute Gasteiger partial charge is 0.444 e. The molecule has 0 aliphatic rings. The van der Waals surface area contributed by atoms with Crippen LogP contribution in [0.4, 0.5) is 32.1 Å². The number of amides is 2. The summed E-state index contributed by atoms with van der Waals surface area (Å²) in [6.07, 6.45) is 0.912. The summed E-state index contributed by atoms with van der Waals surface area (Å²) in [5, 5.41) is 9.60. The van der Waals surface area contributed by atoms with E-state index < -0.39 is 23.4 Å². The Morgan fingerprint density at radius 2 is 1.65 bits per heavy atom. The third kappa shape index (κ3) is 8.38. The fraction of sp³-hybridized carbons (Fsp3) is 0.206. The van der Waals surface area contributed by atoms with Crippen LogP contribution in [0.3, 0.4) is 0 Å². The Balaban J connectivity index is 1.45. The van der Waals surface area contributed by atoms with Crippen molar-refractivity contribution in [2.24, 2.45) is 0 Å². The van der Waals surface area contributed by atoms with Gasteiger partial charge in [-0.2, -0.15) is 0 Å². The van der Waals surface area contributed by atoms with Crippen LogP contribution in [0.25, 0.3) is 11.0 Å². The fourth-order valence-corrected chi connectivity index (χ4v) is 5.42. The molecule has 5 rings (SSSR count). The van der Waals surface area contributed by atoms with E-state index in [0.29, 0.717) is 38.6 Å². The number of hydrogen-bond donors (Lipinski definition) is 3. The van der Waals surface area contributed by atoms with Gasteiger partial charge < -0.3 is 15.4 Å². The molecule has 5 aromatic rings. The summed E-state index contributed by atoms with van der Waals surface area (Å²) >= 11 is 4.59. The van der Waals surface area contributed by atoms with Crippen molar-refractivity contribution in [3.63, 3.8) is 0 Å².